The minimum Gasteiger partial charge on any atom is -0.457 e. The van der Waals surface area contributed by atoms with E-state index in [1.807, 2.05) is 7.05 Å². The highest BCUT2D eigenvalue weighted by molar-refractivity contribution is 9.10. The molecule has 5 heteroatoms. The van der Waals surface area contributed by atoms with Gasteiger partial charge in [-0.1, -0.05) is 0 Å². The van der Waals surface area contributed by atoms with Crippen LogP contribution in [0.25, 0.3) is 0 Å². The Kier molecular flexibility index (Phi) is 3.60. The van der Waals surface area contributed by atoms with Gasteiger partial charge in [0.15, 0.2) is 4.67 Å². The van der Waals surface area contributed by atoms with Gasteiger partial charge in [0.2, 0.25) is 0 Å². The molecule has 2 rings (SSSR count). The third-order valence-electron chi connectivity index (χ3n) is 2.91. The third kappa shape index (κ3) is 2.43. The number of amides is 1. The Bertz CT molecular complexity index is 387. The van der Waals surface area contributed by atoms with E-state index in [-0.39, 0.29) is 5.91 Å². The second kappa shape index (κ2) is 4.80. The Labute approximate surface area is 108 Å². The van der Waals surface area contributed by atoms with Crippen LogP contribution in [0.3, 0.4) is 0 Å². The van der Waals surface area contributed by atoms with Crippen LogP contribution in [0.4, 0.5) is 0 Å². The van der Waals surface area contributed by atoms with Crippen molar-refractivity contribution in [3.63, 3.8) is 0 Å². The number of furan rings is 1. The van der Waals surface area contributed by atoms with Crippen LogP contribution in [0.5, 0.6) is 0 Å². The van der Waals surface area contributed by atoms with Crippen molar-refractivity contribution in [3.05, 3.63) is 22.6 Å². The molecule has 1 aliphatic carbocycles. The first-order valence-electron chi connectivity index (χ1n) is 5.20. The normalized spacial score (nSPS) is 23.9. The summed E-state index contributed by atoms with van der Waals surface area (Å²) in [6.07, 6.45) is 3.51. The van der Waals surface area contributed by atoms with Gasteiger partial charge in [0, 0.05) is 19.0 Å². The van der Waals surface area contributed by atoms with Crippen LogP contribution in [0.15, 0.2) is 21.4 Å². The molecule has 1 amide bonds. The molecular weight excluding hydrogens is 293 g/mol. The van der Waals surface area contributed by atoms with Crippen LogP contribution in [0.2, 0.25) is 0 Å². The van der Waals surface area contributed by atoms with Crippen LogP contribution < -0.4 is 0 Å². The van der Waals surface area contributed by atoms with Crippen molar-refractivity contribution in [3.8, 4) is 0 Å². The van der Waals surface area contributed by atoms with Crippen molar-refractivity contribution in [2.75, 3.05) is 13.6 Å². The number of alkyl halides is 1. The molecule has 0 aliphatic heterocycles. The molecule has 88 valence electrons. The van der Waals surface area contributed by atoms with E-state index in [1.54, 1.807) is 11.0 Å². The standard InChI is InChI=1S/C11H13BrClNO2/c1-14(6-7-4-8(13)5-7)11(15)9-2-3-16-10(9)12/h2-3,7-8H,4-6H2,1H3. The zero-order valence-electron chi connectivity index (χ0n) is 8.95. The molecule has 0 atom stereocenters. The molecule has 0 spiro atoms. The topological polar surface area (TPSA) is 33.5 Å². The van der Waals surface area contributed by atoms with E-state index in [0.717, 1.165) is 19.4 Å². The molecule has 1 aromatic rings. The van der Waals surface area contributed by atoms with Gasteiger partial charge in [0.25, 0.3) is 5.91 Å². The van der Waals surface area contributed by atoms with Crippen LogP contribution >= 0.6 is 27.5 Å². The predicted octanol–water partition coefficient (Wildman–Crippen LogP) is 3.13. The molecule has 1 fully saturated rings. The summed E-state index contributed by atoms with van der Waals surface area (Å²) < 4.78 is 5.54. The van der Waals surface area contributed by atoms with E-state index in [2.05, 4.69) is 15.9 Å². The molecule has 1 heterocycles. The molecular formula is C11H13BrClNO2. The average molecular weight is 307 g/mol. The van der Waals surface area contributed by atoms with Gasteiger partial charge in [-0.3, -0.25) is 4.79 Å². The lowest BCUT2D eigenvalue weighted by atomic mass is 9.84. The van der Waals surface area contributed by atoms with Crippen LogP contribution in [-0.2, 0) is 0 Å². The fourth-order valence-corrected chi connectivity index (χ4v) is 2.84. The molecule has 0 saturated heterocycles. The van der Waals surface area contributed by atoms with Gasteiger partial charge in [0.1, 0.15) is 0 Å². The lowest BCUT2D eigenvalue weighted by molar-refractivity contribution is 0.0745. The first-order valence-corrected chi connectivity index (χ1v) is 6.43. The summed E-state index contributed by atoms with van der Waals surface area (Å²) in [6, 6.07) is 1.67. The Morgan fingerprint density at radius 2 is 2.38 bits per heavy atom. The van der Waals surface area contributed by atoms with Gasteiger partial charge in [-0.25, -0.2) is 0 Å². The first-order chi connectivity index (χ1) is 7.58. The molecule has 0 radical (unpaired) electrons. The molecule has 0 bridgehead atoms. The van der Waals surface area contributed by atoms with E-state index in [1.165, 1.54) is 6.26 Å². The van der Waals surface area contributed by atoms with Crippen molar-refractivity contribution >= 4 is 33.4 Å². The molecule has 0 N–H and O–H groups in total. The number of carbonyl (C=O) groups excluding carboxylic acids is 1. The number of hydrogen-bond acceptors (Lipinski definition) is 2. The SMILES string of the molecule is CN(CC1CC(Cl)C1)C(=O)c1ccoc1Br. The second-order valence-electron chi connectivity index (χ2n) is 4.23. The number of carbonyl (C=O) groups is 1. The largest absolute Gasteiger partial charge is 0.457 e. The summed E-state index contributed by atoms with van der Waals surface area (Å²) in [5, 5.41) is 0.300. The molecule has 3 nitrogen and oxygen atoms in total. The Morgan fingerprint density at radius 1 is 1.69 bits per heavy atom. The zero-order valence-corrected chi connectivity index (χ0v) is 11.3. The van der Waals surface area contributed by atoms with Crippen LogP contribution in [-0.4, -0.2) is 29.8 Å². The quantitative estimate of drug-likeness (QED) is 0.804. The number of hydrogen-bond donors (Lipinski definition) is 0. The van der Waals surface area contributed by atoms with Crippen molar-refractivity contribution < 1.29 is 9.21 Å². The maximum Gasteiger partial charge on any atom is 0.258 e. The monoisotopic (exact) mass is 305 g/mol. The van der Waals surface area contributed by atoms with Gasteiger partial charge in [-0.2, -0.15) is 0 Å². The highest BCUT2D eigenvalue weighted by Crippen LogP contribution is 2.32. The Morgan fingerprint density at radius 3 is 2.88 bits per heavy atom. The highest BCUT2D eigenvalue weighted by atomic mass is 79.9. The Hall–Kier alpha value is -0.480. The van der Waals surface area contributed by atoms with E-state index in [9.17, 15) is 4.79 Å². The van der Waals surface area contributed by atoms with Gasteiger partial charge in [0.05, 0.1) is 11.8 Å². The van der Waals surface area contributed by atoms with Gasteiger partial charge >= 0.3 is 0 Å². The zero-order chi connectivity index (χ0) is 11.7. The van der Waals surface area contributed by atoms with Crippen molar-refractivity contribution in [2.24, 2.45) is 5.92 Å². The maximum atomic E-state index is 12.0. The molecule has 0 unspecified atom stereocenters. The van der Waals surface area contributed by atoms with Crippen molar-refractivity contribution in [1.29, 1.82) is 0 Å². The Balaban J connectivity index is 1.92. The summed E-state index contributed by atoms with van der Waals surface area (Å²) in [7, 11) is 1.81. The van der Waals surface area contributed by atoms with Crippen molar-refractivity contribution in [1.82, 2.24) is 4.90 Å². The lowest BCUT2D eigenvalue weighted by Crippen LogP contribution is -2.37. The summed E-state index contributed by atoms with van der Waals surface area (Å²) >= 11 is 9.11. The summed E-state index contributed by atoms with van der Waals surface area (Å²) in [5.74, 6) is 0.528. The van der Waals surface area contributed by atoms with Crippen LogP contribution in [0.1, 0.15) is 23.2 Å². The van der Waals surface area contributed by atoms with Crippen LogP contribution in [0, 0.1) is 5.92 Å². The first kappa shape index (κ1) is 12.0. The summed E-state index contributed by atoms with van der Waals surface area (Å²) in [4.78, 5) is 13.7. The van der Waals surface area contributed by atoms with E-state index in [0.29, 0.717) is 21.5 Å². The molecule has 1 saturated carbocycles. The second-order valence-corrected chi connectivity index (χ2v) is 5.57. The number of rotatable bonds is 3. The highest BCUT2D eigenvalue weighted by Gasteiger charge is 2.29. The third-order valence-corrected chi connectivity index (χ3v) is 3.88. The molecule has 1 aliphatic rings. The molecule has 16 heavy (non-hydrogen) atoms. The predicted molar refractivity (Wildman–Crippen MR) is 65.7 cm³/mol. The molecule has 0 aromatic carbocycles. The summed E-state index contributed by atoms with van der Waals surface area (Å²) in [6.45, 7) is 0.764. The average Bonchev–Trinajstić information content (AvgIpc) is 2.61. The summed E-state index contributed by atoms with van der Waals surface area (Å²) in [5.41, 5.74) is 0.573. The smallest absolute Gasteiger partial charge is 0.258 e. The number of nitrogens with zero attached hydrogens (tertiary/aromatic N) is 1. The van der Waals surface area contributed by atoms with Gasteiger partial charge < -0.3 is 9.32 Å². The lowest BCUT2D eigenvalue weighted by Gasteiger charge is -2.34. The van der Waals surface area contributed by atoms with E-state index in [4.69, 9.17) is 16.0 Å². The maximum absolute atomic E-state index is 12.0. The van der Waals surface area contributed by atoms with Crippen molar-refractivity contribution in [2.45, 2.75) is 18.2 Å². The fraction of sp³-hybridized carbons (Fsp3) is 0.545. The minimum atomic E-state index is -0.0151. The number of halogens is 2. The molecule has 1 aromatic heterocycles. The van der Waals surface area contributed by atoms with Gasteiger partial charge in [-0.05, 0) is 40.8 Å². The van der Waals surface area contributed by atoms with E-state index < -0.39 is 0 Å². The van der Waals surface area contributed by atoms with E-state index >= 15 is 0 Å². The fourth-order valence-electron chi connectivity index (χ4n) is 1.93. The minimum absolute atomic E-state index is 0.0151. The van der Waals surface area contributed by atoms with Gasteiger partial charge in [-0.15, -0.1) is 11.6 Å².